The van der Waals surface area contributed by atoms with Crippen molar-refractivity contribution in [2.75, 3.05) is 39.7 Å². The number of methoxy groups -OCH3 is 1. The van der Waals surface area contributed by atoms with Gasteiger partial charge in [-0.25, -0.2) is 4.79 Å². The molecule has 6 nitrogen and oxygen atoms in total. The van der Waals surface area contributed by atoms with Gasteiger partial charge in [-0.05, 0) is 56.9 Å². The standard InChI is InChI=1S/C21H26F3N3O3/c1-5-30-16-10-11-18(17(12-16)21(22,23)24)26-20(28)25-13-19(27(2)3)14-6-8-15(29-4)9-7-14/h6-12,19H,5,13H2,1-4H3,(H2,25,26,28). The molecule has 2 aromatic carbocycles. The van der Waals surface area contributed by atoms with Crippen LogP contribution in [-0.4, -0.2) is 45.3 Å². The molecule has 2 N–H and O–H groups in total. The number of anilines is 1. The molecule has 1 unspecified atom stereocenters. The Morgan fingerprint density at radius 2 is 1.73 bits per heavy atom. The molecule has 0 saturated carbocycles. The highest BCUT2D eigenvalue weighted by atomic mass is 19.4. The van der Waals surface area contributed by atoms with Gasteiger partial charge >= 0.3 is 12.2 Å². The summed E-state index contributed by atoms with van der Waals surface area (Å²) < 4.78 is 50.4. The quantitative estimate of drug-likeness (QED) is 0.652. The van der Waals surface area contributed by atoms with E-state index in [1.807, 2.05) is 31.1 Å². The maximum Gasteiger partial charge on any atom is 0.418 e. The van der Waals surface area contributed by atoms with E-state index in [1.165, 1.54) is 12.1 Å². The number of likely N-dealkylation sites (N-methyl/N-ethyl adjacent to an activating group) is 1. The predicted octanol–water partition coefficient (Wildman–Crippen LogP) is 4.54. The van der Waals surface area contributed by atoms with Gasteiger partial charge in [0.25, 0.3) is 0 Å². The Morgan fingerprint density at radius 3 is 2.27 bits per heavy atom. The van der Waals surface area contributed by atoms with Gasteiger partial charge in [-0.2, -0.15) is 13.2 Å². The molecular formula is C21H26F3N3O3. The first-order chi connectivity index (χ1) is 14.2. The fraction of sp³-hybridized carbons (Fsp3) is 0.381. The molecule has 0 saturated heterocycles. The summed E-state index contributed by atoms with van der Waals surface area (Å²) in [6.45, 7) is 2.11. The average Bonchev–Trinajstić information content (AvgIpc) is 2.69. The Morgan fingerprint density at radius 1 is 1.10 bits per heavy atom. The molecule has 30 heavy (non-hydrogen) atoms. The minimum atomic E-state index is -4.63. The third-order valence-corrected chi connectivity index (χ3v) is 4.44. The van der Waals surface area contributed by atoms with Crippen molar-refractivity contribution in [3.05, 3.63) is 53.6 Å². The number of rotatable bonds is 8. The van der Waals surface area contributed by atoms with E-state index in [0.717, 1.165) is 11.6 Å². The van der Waals surface area contributed by atoms with Gasteiger partial charge in [-0.15, -0.1) is 0 Å². The zero-order valence-electron chi connectivity index (χ0n) is 17.3. The molecule has 2 rings (SSSR count). The van der Waals surface area contributed by atoms with Gasteiger partial charge in [0.2, 0.25) is 0 Å². The monoisotopic (exact) mass is 425 g/mol. The minimum absolute atomic E-state index is 0.0861. The molecule has 0 fully saturated rings. The van der Waals surface area contributed by atoms with Crippen molar-refractivity contribution >= 4 is 11.7 Å². The number of nitrogens with one attached hydrogen (secondary N) is 2. The number of alkyl halides is 3. The molecule has 1 atom stereocenters. The Bertz CT molecular complexity index is 840. The van der Waals surface area contributed by atoms with E-state index in [1.54, 1.807) is 26.2 Å². The highest BCUT2D eigenvalue weighted by molar-refractivity contribution is 5.90. The summed E-state index contributed by atoms with van der Waals surface area (Å²) in [5, 5.41) is 4.92. The summed E-state index contributed by atoms with van der Waals surface area (Å²) >= 11 is 0. The number of urea groups is 1. The van der Waals surface area contributed by atoms with Crippen LogP contribution in [0.3, 0.4) is 0 Å². The molecular weight excluding hydrogens is 399 g/mol. The number of carbonyl (C=O) groups is 1. The van der Waals surface area contributed by atoms with Crippen LogP contribution in [0.15, 0.2) is 42.5 Å². The maximum atomic E-state index is 13.4. The van der Waals surface area contributed by atoms with Crippen molar-refractivity contribution in [3.63, 3.8) is 0 Å². The fourth-order valence-corrected chi connectivity index (χ4v) is 2.90. The van der Waals surface area contributed by atoms with E-state index in [2.05, 4.69) is 10.6 Å². The van der Waals surface area contributed by atoms with Gasteiger partial charge in [0, 0.05) is 6.54 Å². The van der Waals surface area contributed by atoms with Crippen LogP contribution in [0, 0.1) is 0 Å². The molecule has 0 bridgehead atoms. The Hall–Kier alpha value is -2.94. The highest BCUT2D eigenvalue weighted by Crippen LogP contribution is 2.37. The number of carbonyl (C=O) groups excluding carboxylic acids is 1. The number of nitrogens with zero attached hydrogens (tertiary/aromatic N) is 1. The van der Waals surface area contributed by atoms with E-state index in [4.69, 9.17) is 9.47 Å². The van der Waals surface area contributed by atoms with Crippen molar-refractivity contribution in [3.8, 4) is 11.5 Å². The second-order valence-corrected chi connectivity index (χ2v) is 6.73. The van der Waals surface area contributed by atoms with Crippen molar-refractivity contribution in [2.24, 2.45) is 0 Å². The molecule has 0 aromatic heterocycles. The lowest BCUT2D eigenvalue weighted by Gasteiger charge is -2.25. The Balaban J connectivity index is 2.10. The highest BCUT2D eigenvalue weighted by Gasteiger charge is 2.34. The van der Waals surface area contributed by atoms with Crippen LogP contribution in [0.1, 0.15) is 24.1 Å². The molecule has 2 amide bonds. The normalized spacial score (nSPS) is 12.4. The number of hydrogen-bond acceptors (Lipinski definition) is 4. The second-order valence-electron chi connectivity index (χ2n) is 6.73. The van der Waals surface area contributed by atoms with E-state index in [0.29, 0.717) is 5.75 Å². The van der Waals surface area contributed by atoms with Crippen molar-refractivity contribution in [1.82, 2.24) is 10.2 Å². The molecule has 2 aromatic rings. The third-order valence-electron chi connectivity index (χ3n) is 4.44. The van der Waals surface area contributed by atoms with Crippen LogP contribution < -0.4 is 20.1 Å². The van der Waals surface area contributed by atoms with Crippen molar-refractivity contribution < 1.29 is 27.4 Å². The summed E-state index contributed by atoms with van der Waals surface area (Å²) in [7, 11) is 5.27. The number of amides is 2. The maximum absolute atomic E-state index is 13.4. The third kappa shape index (κ3) is 6.28. The van der Waals surface area contributed by atoms with Crippen LogP contribution in [0.25, 0.3) is 0 Å². The zero-order valence-corrected chi connectivity index (χ0v) is 17.3. The summed E-state index contributed by atoms with van der Waals surface area (Å²) in [4.78, 5) is 14.2. The van der Waals surface area contributed by atoms with Crippen LogP contribution in [0.2, 0.25) is 0 Å². The molecule has 0 spiro atoms. The van der Waals surface area contributed by atoms with Crippen molar-refractivity contribution in [1.29, 1.82) is 0 Å². The van der Waals surface area contributed by atoms with Crippen molar-refractivity contribution in [2.45, 2.75) is 19.1 Å². The number of benzene rings is 2. The largest absolute Gasteiger partial charge is 0.497 e. The van der Waals surface area contributed by atoms with Gasteiger partial charge in [-0.1, -0.05) is 12.1 Å². The number of ether oxygens (including phenoxy) is 2. The predicted molar refractivity (Wildman–Crippen MR) is 109 cm³/mol. The summed E-state index contributed by atoms with van der Waals surface area (Å²) in [6.07, 6.45) is -4.63. The van der Waals surface area contributed by atoms with Gasteiger partial charge in [0.05, 0.1) is 31.0 Å². The SMILES string of the molecule is CCOc1ccc(NC(=O)NCC(c2ccc(OC)cc2)N(C)C)c(C(F)(F)F)c1. The van der Waals surface area contributed by atoms with E-state index in [9.17, 15) is 18.0 Å². The summed E-state index contributed by atoms with van der Waals surface area (Å²) in [5.74, 6) is 0.792. The Labute approximate surface area is 174 Å². The van der Waals surface area contributed by atoms with Gasteiger partial charge in [-0.3, -0.25) is 0 Å². The zero-order chi connectivity index (χ0) is 22.3. The lowest BCUT2D eigenvalue weighted by Crippen LogP contribution is -2.37. The first kappa shape index (κ1) is 23.3. The topological polar surface area (TPSA) is 62.8 Å². The van der Waals surface area contributed by atoms with Gasteiger partial charge in [0.1, 0.15) is 11.5 Å². The lowest BCUT2D eigenvalue weighted by molar-refractivity contribution is -0.137. The molecule has 0 radical (unpaired) electrons. The van der Waals surface area contributed by atoms with E-state index < -0.39 is 17.8 Å². The van der Waals surface area contributed by atoms with Crippen LogP contribution in [-0.2, 0) is 6.18 Å². The molecule has 0 heterocycles. The summed E-state index contributed by atoms with van der Waals surface area (Å²) in [5.41, 5.74) is -0.379. The fourth-order valence-electron chi connectivity index (χ4n) is 2.90. The van der Waals surface area contributed by atoms with E-state index in [-0.39, 0.29) is 30.6 Å². The molecule has 0 aliphatic carbocycles. The molecule has 164 valence electrons. The number of halogens is 3. The van der Waals surface area contributed by atoms with Crippen LogP contribution >= 0.6 is 0 Å². The van der Waals surface area contributed by atoms with Crippen LogP contribution in [0.4, 0.5) is 23.7 Å². The molecule has 0 aliphatic rings. The smallest absolute Gasteiger partial charge is 0.418 e. The minimum Gasteiger partial charge on any atom is -0.497 e. The lowest BCUT2D eigenvalue weighted by atomic mass is 10.1. The number of hydrogen-bond donors (Lipinski definition) is 2. The molecule has 9 heteroatoms. The average molecular weight is 425 g/mol. The Kier molecular flexibility index (Phi) is 7.93. The van der Waals surface area contributed by atoms with Gasteiger partial charge in [0.15, 0.2) is 0 Å². The van der Waals surface area contributed by atoms with Gasteiger partial charge < -0.3 is 25.0 Å². The second kappa shape index (κ2) is 10.2. The van der Waals surface area contributed by atoms with Crippen LogP contribution in [0.5, 0.6) is 11.5 Å². The molecule has 0 aliphatic heterocycles. The first-order valence-corrected chi connectivity index (χ1v) is 9.35. The first-order valence-electron chi connectivity index (χ1n) is 9.35. The van der Waals surface area contributed by atoms with E-state index >= 15 is 0 Å². The summed E-state index contributed by atoms with van der Waals surface area (Å²) in [6, 6.07) is 9.89.